The van der Waals surface area contributed by atoms with Crippen molar-refractivity contribution in [1.82, 2.24) is 4.72 Å². The normalized spacial score (nSPS) is 11.2. The first-order chi connectivity index (χ1) is 14.7. The Kier molecular flexibility index (Phi) is 6.72. The lowest BCUT2D eigenvalue weighted by atomic mass is 10.1. The van der Waals surface area contributed by atoms with Crippen molar-refractivity contribution in [2.45, 2.75) is 25.3 Å². The summed E-state index contributed by atoms with van der Waals surface area (Å²) in [5.74, 6) is -0.882. The van der Waals surface area contributed by atoms with E-state index < -0.39 is 21.7 Å². The van der Waals surface area contributed by atoms with E-state index in [9.17, 15) is 17.6 Å². The zero-order chi connectivity index (χ0) is 22.6. The van der Waals surface area contributed by atoms with Crippen LogP contribution in [0.2, 0.25) is 0 Å². The SMILES string of the molecule is COc1ccc(CNS(=O)(=O)c2ccc(F)c(C(=O)Nc3ccc(C)c(C)c3)c2)cc1. The van der Waals surface area contributed by atoms with Crippen molar-refractivity contribution in [2.24, 2.45) is 0 Å². The summed E-state index contributed by atoms with van der Waals surface area (Å²) >= 11 is 0. The maximum absolute atomic E-state index is 14.3. The highest BCUT2D eigenvalue weighted by Crippen LogP contribution is 2.19. The lowest BCUT2D eigenvalue weighted by Gasteiger charge is -2.11. The number of hydrogen-bond donors (Lipinski definition) is 2. The van der Waals surface area contributed by atoms with Crippen LogP contribution in [0.1, 0.15) is 27.0 Å². The van der Waals surface area contributed by atoms with Crippen LogP contribution in [-0.4, -0.2) is 21.4 Å². The summed E-state index contributed by atoms with van der Waals surface area (Å²) in [6.07, 6.45) is 0. The average molecular weight is 443 g/mol. The Bertz CT molecular complexity index is 1210. The van der Waals surface area contributed by atoms with Gasteiger partial charge >= 0.3 is 0 Å². The topological polar surface area (TPSA) is 84.5 Å². The molecule has 0 saturated carbocycles. The van der Waals surface area contributed by atoms with Gasteiger partial charge in [0.1, 0.15) is 11.6 Å². The fourth-order valence-corrected chi connectivity index (χ4v) is 3.91. The van der Waals surface area contributed by atoms with Crippen molar-refractivity contribution in [2.75, 3.05) is 12.4 Å². The van der Waals surface area contributed by atoms with E-state index in [2.05, 4.69) is 10.0 Å². The molecule has 0 radical (unpaired) electrons. The van der Waals surface area contributed by atoms with Crippen LogP contribution in [0.25, 0.3) is 0 Å². The number of rotatable bonds is 7. The summed E-state index contributed by atoms with van der Waals surface area (Å²) < 4.78 is 47.1. The molecule has 0 bridgehead atoms. The number of hydrogen-bond acceptors (Lipinski definition) is 4. The standard InChI is InChI=1S/C23H23FN2O4S/c1-15-4-7-18(12-16(15)2)26-23(27)21-13-20(10-11-22(21)24)31(28,29)25-14-17-5-8-19(30-3)9-6-17/h4-13,25H,14H2,1-3H3,(H,26,27). The molecule has 6 nitrogen and oxygen atoms in total. The van der Waals surface area contributed by atoms with Crippen LogP contribution in [0.4, 0.5) is 10.1 Å². The molecule has 0 saturated heterocycles. The van der Waals surface area contributed by atoms with Crippen molar-refractivity contribution in [3.8, 4) is 5.75 Å². The van der Waals surface area contributed by atoms with Crippen LogP contribution in [0, 0.1) is 19.7 Å². The number of carbonyl (C=O) groups is 1. The molecule has 8 heteroatoms. The molecule has 0 heterocycles. The Labute approximate surface area is 181 Å². The van der Waals surface area contributed by atoms with Crippen LogP contribution >= 0.6 is 0 Å². The van der Waals surface area contributed by atoms with Gasteiger partial charge in [0, 0.05) is 12.2 Å². The summed E-state index contributed by atoms with van der Waals surface area (Å²) in [7, 11) is -2.42. The molecule has 31 heavy (non-hydrogen) atoms. The van der Waals surface area contributed by atoms with Gasteiger partial charge in [-0.3, -0.25) is 4.79 Å². The third-order valence-electron chi connectivity index (χ3n) is 4.88. The van der Waals surface area contributed by atoms with E-state index in [0.717, 1.165) is 34.9 Å². The van der Waals surface area contributed by atoms with E-state index in [1.54, 1.807) is 43.5 Å². The number of aryl methyl sites for hydroxylation is 2. The monoisotopic (exact) mass is 442 g/mol. The van der Waals surface area contributed by atoms with Crippen LogP contribution in [0.5, 0.6) is 5.75 Å². The van der Waals surface area contributed by atoms with Crippen LogP contribution < -0.4 is 14.8 Å². The van der Waals surface area contributed by atoms with Crippen LogP contribution in [0.15, 0.2) is 65.6 Å². The molecule has 0 atom stereocenters. The van der Waals surface area contributed by atoms with Gasteiger partial charge in [-0.15, -0.1) is 0 Å². The number of sulfonamides is 1. The quantitative estimate of drug-likeness (QED) is 0.575. The van der Waals surface area contributed by atoms with E-state index in [-0.39, 0.29) is 17.0 Å². The van der Waals surface area contributed by atoms with Crippen molar-refractivity contribution in [3.63, 3.8) is 0 Å². The molecule has 0 aliphatic rings. The van der Waals surface area contributed by atoms with Gasteiger partial charge < -0.3 is 10.1 Å². The van der Waals surface area contributed by atoms with Crippen LogP contribution in [0.3, 0.4) is 0 Å². The largest absolute Gasteiger partial charge is 0.497 e. The number of carbonyl (C=O) groups excluding carboxylic acids is 1. The van der Waals surface area contributed by atoms with E-state index in [4.69, 9.17) is 4.74 Å². The Morgan fingerprint density at radius 3 is 2.32 bits per heavy atom. The van der Waals surface area contributed by atoms with E-state index >= 15 is 0 Å². The van der Waals surface area contributed by atoms with Gasteiger partial charge in [0.15, 0.2) is 0 Å². The molecule has 3 aromatic rings. The molecular formula is C23H23FN2O4S. The van der Waals surface area contributed by atoms with Crippen LogP contribution in [-0.2, 0) is 16.6 Å². The minimum absolute atomic E-state index is 0.0356. The number of ether oxygens (including phenoxy) is 1. The Morgan fingerprint density at radius 2 is 1.68 bits per heavy atom. The lowest BCUT2D eigenvalue weighted by molar-refractivity contribution is 0.102. The van der Waals surface area contributed by atoms with Gasteiger partial charge in [-0.2, -0.15) is 0 Å². The highest BCUT2D eigenvalue weighted by Gasteiger charge is 2.20. The average Bonchev–Trinajstić information content (AvgIpc) is 2.75. The number of amides is 1. The number of methoxy groups -OCH3 is 1. The maximum atomic E-state index is 14.3. The second-order valence-electron chi connectivity index (χ2n) is 7.07. The molecular weight excluding hydrogens is 419 g/mol. The molecule has 1 amide bonds. The third kappa shape index (κ3) is 5.48. The molecule has 0 unspecified atom stereocenters. The predicted octanol–water partition coefficient (Wildman–Crippen LogP) is 4.18. The maximum Gasteiger partial charge on any atom is 0.258 e. The molecule has 0 aromatic heterocycles. The third-order valence-corrected chi connectivity index (χ3v) is 6.28. The van der Waals surface area contributed by atoms with Gasteiger partial charge in [0.05, 0.1) is 17.6 Å². The Morgan fingerprint density at radius 1 is 0.968 bits per heavy atom. The summed E-state index contributed by atoms with van der Waals surface area (Å²) in [6, 6.07) is 15.3. The molecule has 0 aliphatic heterocycles. The highest BCUT2D eigenvalue weighted by molar-refractivity contribution is 7.89. The first kappa shape index (κ1) is 22.5. The molecule has 2 N–H and O–H groups in total. The summed E-state index contributed by atoms with van der Waals surface area (Å²) in [5, 5.41) is 2.61. The van der Waals surface area contributed by atoms with E-state index in [0.29, 0.717) is 11.4 Å². The minimum Gasteiger partial charge on any atom is -0.497 e. The second kappa shape index (κ2) is 9.28. The smallest absolute Gasteiger partial charge is 0.258 e. The summed E-state index contributed by atoms with van der Waals surface area (Å²) in [5.41, 5.74) is 2.89. The number of halogens is 1. The van der Waals surface area contributed by atoms with Gasteiger partial charge in [-0.05, 0) is 73.0 Å². The van der Waals surface area contributed by atoms with Gasteiger partial charge in [-0.1, -0.05) is 18.2 Å². The number of anilines is 1. The predicted molar refractivity (Wildman–Crippen MR) is 117 cm³/mol. The van der Waals surface area contributed by atoms with E-state index in [1.165, 1.54) is 0 Å². The zero-order valence-corrected chi connectivity index (χ0v) is 18.2. The first-order valence-electron chi connectivity index (χ1n) is 9.50. The van der Waals surface area contributed by atoms with Gasteiger partial charge in [-0.25, -0.2) is 17.5 Å². The fourth-order valence-electron chi connectivity index (χ4n) is 2.87. The molecule has 162 valence electrons. The number of nitrogens with one attached hydrogen (secondary N) is 2. The van der Waals surface area contributed by atoms with Crippen molar-refractivity contribution in [1.29, 1.82) is 0 Å². The number of benzene rings is 3. The Hall–Kier alpha value is -3.23. The van der Waals surface area contributed by atoms with Gasteiger partial charge in [0.25, 0.3) is 5.91 Å². The van der Waals surface area contributed by atoms with Crippen molar-refractivity contribution >= 4 is 21.6 Å². The summed E-state index contributed by atoms with van der Waals surface area (Å²) in [4.78, 5) is 12.4. The second-order valence-corrected chi connectivity index (χ2v) is 8.83. The van der Waals surface area contributed by atoms with Gasteiger partial charge in [0.2, 0.25) is 10.0 Å². The summed E-state index contributed by atoms with van der Waals surface area (Å²) in [6.45, 7) is 3.87. The highest BCUT2D eigenvalue weighted by atomic mass is 32.2. The van der Waals surface area contributed by atoms with E-state index in [1.807, 2.05) is 19.9 Å². The minimum atomic E-state index is -3.96. The molecule has 3 aromatic carbocycles. The molecule has 0 spiro atoms. The van der Waals surface area contributed by atoms with Crippen molar-refractivity contribution < 1.29 is 22.3 Å². The lowest BCUT2D eigenvalue weighted by Crippen LogP contribution is -2.24. The fraction of sp³-hybridized carbons (Fsp3) is 0.174. The zero-order valence-electron chi connectivity index (χ0n) is 17.4. The Balaban J connectivity index is 1.77. The van der Waals surface area contributed by atoms with Crippen molar-refractivity contribution in [3.05, 3.63) is 88.7 Å². The first-order valence-corrected chi connectivity index (χ1v) is 11.0. The molecule has 0 aliphatic carbocycles. The molecule has 3 rings (SSSR count). The molecule has 0 fully saturated rings.